The molecule has 1 aliphatic heterocycles. The molecule has 2 heterocycles. The van der Waals surface area contributed by atoms with E-state index < -0.39 is 11.7 Å². The molecule has 1 saturated heterocycles. The Morgan fingerprint density at radius 3 is 2.67 bits per heavy atom. The van der Waals surface area contributed by atoms with Crippen LogP contribution in [0.3, 0.4) is 0 Å². The standard InChI is InChI=1S/C25H23ClF3N3O/c1-17-5-8-23(33-17)16-31-10-9-22(15-31)32(21-7-6-19(13-30)24(26)12-21)14-18-3-2-4-20(11-18)25(27,28)29/h2-8,11-12,22H,9-10,14-16H2,1H3. The summed E-state index contributed by atoms with van der Waals surface area (Å²) in [6, 6.07) is 16.6. The number of nitriles is 1. The Morgan fingerprint density at radius 2 is 2.00 bits per heavy atom. The molecular formula is C25H23ClF3N3O. The number of alkyl halides is 3. The van der Waals surface area contributed by atoms with Crippen LogP contribution in [-0.4, -0.2) is 24.0 Å². The second kappa shape index (κ2) is 9.50. The second-order valence-corrected chi connectivity index (χ2v) is 8.70. The summed E-state index contributed by atoms with van der Waals surface area (Å²) >= 11 is 6.29. The van der Waals surface area contributed by atoms with Gasteiger partial charge in [0.15, 0.2) is 0 Å². The Kier molecular flexibility index (Phi) is 6.68. The monoisotopic (exact) mass is 473 g/mol. The number of likely N-dealkylation sites (tertiary alicyclic amines) is 1. The predicted molar refractivity (Wildman–Crippen MR) is 121 cm³/mol. The minimum absolute atomic E-state index is 0.0691. The van der Waals surface area contributed by atoms with Gasteiger partial charge in [-0.05, 0) is 61.4 Å². The number of benzene rings is 2. The highest BCUT2D eigenvalue weighted by Gasteiger charge is 2.32. The van der Waals surface area contributed by atoms with Crippen molar-refractivity contribution in [3.63, 3.8) is 0 Å². The molecule has 1 aliphatic rings. The first-order valence-electron chi connectivity index (χ1n) is 10.6. The minimum atomic E-state index is -4.40. The molecule has 1 fully saturated rings. The third kappa shape index (κ3) is 5.52. The third-order valence-corrected chi connectivity index (χ3v) is 6.19. The zero-order chi connectivity index (χ0) is 23.6. The maximum Gasteiger partial charge on any atom is 0.416 e. The summed E-state index contributed by atoms with van der Waals surface area (Å²) in [6.45, 7) is 4.45. The Morgan fingerprint density at radius 1 is 1.18 bits per heavy atom. The second-order valence-electron chi connectivity index (χ2n) is 8.29. The van der Waals surface area contributed by atoms with E-state index in [1.54, 1.807) is 24.3 Å². The van der Waals surface area contributed by atoms with Crippen molar-refractivity contribution in [2.45, 2.75) is 38.7 Å². The summed E-state index contributed by atoms with van der Waals surface area (Å²) in [5.74, 6) is 1.75. The number of rotatable bonds is 6. The van der Waals surface area contributed by atoms with Crippen LogP contribution in [0.5, 0.6) is 0 Å². The van der Waals surface area contributed by atoms with Crippen molar-refractivity contribution in [1.29, 1.82) is 5.26 Å². The summed E-state index contributed by atoms with van der Waals surface area (Å²) < 4.78 is 45.4. The molecule has 4 nitrogen and oxygen atoms in total. The molecule has 4 rings (SSSR count). The number of aryl methyl sites for hydroxylation is 1. The van der Waals surface area contributed by atoms with Gasteiger partial charge in [-0.3, -0.25) is 4.90 Å². The van der Waals surface area contributed by atoms with E-state index in [9.17, 15) is 18.4 Å². The van der Waals surface area contributed by atoms with Crippen molar-refractivity contribution in [2.75, 3.05) is 18.0 Å². The molecule has 0 amide bonds. The highest BCUT2D eigenvalue weighted by molar-refractivity contribution is 6.32. The molecule has 1 atom stereocenters. The number of anilines is 1. The fraction of sp³-hybridized carbons (Fsp3) is 0.320. The fourth-order valence-electron chi connectivity index (χ4n) is 4.25. The lowest BCUT2D eigenvalue weighted by atomic mass is 10.1. The van der Waals surface area contributed by atoms with Gasteiger partial charge in [-0.2, -0.15) is 18.4 Å². The smallest absolute Gasteiger partial charge is 0.416 e. The van der Waals surface area contributed by atoms with Crippen LogP contribution in [0.4, 0.5) is 18.9 Å². The van der Waals surface area contributed by atoms with Crippen molar-refractivity contribution < 1.29 is 17.6 Å². The Balaban J connectivity index is 1.59. The van der Waals surface area contributed by atoms with Gasteiger partial charge in [0.25, 0.3) is 0 Å². The first kappa shape index (κ1) is 23.2. The van der Waals surface area contributed by atoms with E-state index in [1.807, 2.05) is 25.1 Å². The molecule has 172 valence electrons. The number of hydrogen-bond donors (Lipinski definition) is 0. The van der Waals surface area contributed by atoms with Crippen LogP contribution in [-0.2, 0) is 19.3 Å². The van der Waals surface area contributed by atoms with Gasteiger partial charge in [0.05, 0.1) is 22.7 Å². The molecule has 0 bridgehead atoms. The first-order valence-corrected chi connectivity index (χ1v) is 11.0. The fourth-order valence-corrected chi connectivity index (χ4v) is 4.47. The van der Waals surface area contributed by atoms with Gasteiger partial charge in [-0.25, -0.2) is 0 Å². The molecule has 1 unspecified atom stereocenters. The summed E-state index contributed by atoms with van der Waals surface area (Å²) in [7, 11) is 0. The maximum absolute atomic E-state index is 13.2. The zero-order valence-electron chi connectivity index (χ0n) is 18.1. The van der Waals surface area contributed by atoms with E-state index in [0.717, 1.165) is 42.8 Å². The average molecular weight is 474 g/mol. The van der Waals surface area contributed by atoms with Crippen LogP contribution in [0.25, 0.3) is 0 Å². The van der Waals surface area contributed by atoms with Gasteiger partial charge < -0.3 is 9.32 Å². The van der Waals surface area contributed by atoms with Crippen LogP contribution in [0.1, 0.15) is 34.6 Å². The van der Waals surface area contributed by atoms with Crippen LogP contribution >= 0.6 is 11.6 Å². The number of hydrogen-bond acceptors (Lipinski definition) is 4. The van der Waals surface area contributed by atoms with E-state index in [1.165, 1.54) is 12.1 Å². The van der Waals surface area contributed by atoms with Crippen LogP contribution in [0, 0.1) is 18.3 Å². The summed E-state index contributed by atoms with van der Waals surface area (Å²) in [5.41, 5.74) is 1.03. The van der Waals surface area contributed by atoms with Crippen molar-refractivity contribution in [1.82, 2.24) is 4.90 Å². The quantitative estimate of drug-likeness (QED) is 0.414. The van der Waals surface area contributed by atoms with Crippen LogP contribution < -0.4 is 4.90 Å². The van der Waals surface area contributed by atoms with E-state index >= 15 is 0 Å². The molecule has 3 aromatic rings. The van der Waals surface area contributed by atoms with E-state index in [0.29, 0.717) is 29.2 Å². The highest BCUT2D eigenvalue weighted by atomic mass is 35.5. The molecule has 0 N–H and O–H groups in total. The highest BCUT2D eigenvalue weighted by Crippen LogP contribution is 2.32. The van der Waals surface area contributed by atoms with Crippen LogP contribution in [0.2, 0.25) is 5.02 Å². The largest absolute Gasteiger partial charge is 0.465 e. The lowest BCUT2D eigenvalue weighted by Gasteiger charge is -2.32. The molecule has 33 heavy (non-hydrogen) atoms. The molecule has 2 aromatic carbocycles. The van der Waals surface area contributed by atoms with Gasteiger partial charge in [0.1, 0.15) is 17.6 Å². The minimum Gasteiger partial charge on any atom is -0.465 e. The van der Waals surface area contributed by atoms with Gasteiger partial charge in [-0.1, -0.05) is 23.7 Å². The third-order valence-electron chi connectivity index (χ3n) is 5.88. The molecule has 1 aromatic heterocycles. The van der Waals surface area contributed by atoms with Crippen molar-refractivity contribution in [2.24, 2.45) is 0 Å². The zero-order valence-corrected chi connectivity index (χ0v) is 18.8. The van der Waals surface area contributed by atoms with Crippen LogP contribution in [0.15, 0.2) is 59.0 Å². The molecule has 0 radical (unpaired) electrons. The van der Waals surface area contributed by atoms with Crippen molar-refractivity contribution in [3.8, 4) is 6.07 Å². The molecule has 0 saturated carbocycles. The van der Waals surface area contributed by atoms with E-state index in [2.05, 4.69) is 9.80 Å². The summed E-state index contributed by atoms with van der Waals surface area (Å²) in [5, 5.41) is 9.53. The summed E-state index contributed by atoms with van der Waals surface area (Å²) in [4.78, 5) is 4.35. The molecule has 0 spiro atoms. The lowest BCUT2D eigenvalue weighted by molar-refractivity contribution is -0.137. The molecule has 8 heteroatoms. The predicted octanol–water partition coefficient (Wildman–Crippen LogP) is 6.41. The van der Waals surface area contributed by atoms with E-state index in [4.69, 9.17) is 16.0 Å². The number of halogens is 4. The van der Waals surface area contributed by atoms with Gasteiger partial charge in [0.2, 0.25) is 0 Å². The van der Waals surface area contributed by atoms with Crippen molar-refractivity contribution >= 4 is 17.3 Å². The summed E-state index contributed by atoms with van der Waals surface area (Å²) in [6.07, 6.45) is -3.56. The van der Waals surface area contributed by atoms with Gasteiger partial charge in [0, 0.05) is 31.4 Å². The van der Waals surface area contributed by atoms with Gasteiger partial charge in [-0.15, -0.1) is 0 Å². The first-order chi connectivity index (χ1) is 15.7. The maximum atomic E-state index is 13.2. The van der Waals surface area contributed by atoms with E-state index in [-0.39, 0.29) is 6.04 Å². The topological polar surface area (TPSA) is 43.4 Å². The molecular weight excluding hydrogens is 451 g/mol. The van der Waals surface area contributed by atoms with Crippen molar-refractivity contribution in [3.05, 3.63) is 87.8 Å². The normalized spacial score (nSPS) is 16.7. The lowest BCUT2D eigenvalue weighted by Crippen LogP contribution is -2.37. The Hall–Kier alpha value is -2.95. The number of furan rings is 1. The Bertz CT molecular complexity index is 1170. The molecule has 0 aliphatic carbocycles. The SMILES string of the molecule is Cc1ccc(CN2CCC(N(Cc3cccc(C(F)(F)F)c3)c3ccc(C#N)c(Cl)c3)C2)o1. The Labute approximate surface area is 195 Å². The average Bonchev–Trinajstić information content (AvgIpc) is 3.40. The number of nitrogens with zero attached hydrogens (tertiary/aromatic N) is 3. The van der Waals surface area contributed by atoms with Gasteiger partial charge >= 0.3 is 6.18 Å².